The van der Waals surface area contributed by atoms with Crippen LogP contribution in [0.15, 0.2) is 11.6 Å². The molecule has 3 aliphatic heterocycles. The molecule has 2 fully saturated rings. The van der Waals surface area contributed by atoms with E-state index in [1.54, 1.807) is 18.4 Å². The zero-order valence-corrected chi connectivity index (χ0v) is 14.6. The van der Waals surface area contributed by atoms with Crippen molar-refractivity contribution >= 4 is 28.2 Å². The second-order valence-corrected chi connectivity index (χ2v) is 7.53. The lowest BCUT2D eigenvalue weighted by Gasteiger charge is -2.37. The quantitative estimate of drug-likeness (QED) is 0.893. The third-order valence-electron chi connectivity index (χ3n) is 5.00. The minimum absolute atomic E-state index is 0.300. The van der Waals surface area contributed by atoms with Gasteiger partial charge in [-0.3, -0.25) is 0 Å². The molecule has 0 saturated carbocycles. The Morgan fingerprint density at radius 1 is 1.39 bits per heavy atom. The molecular formula is C17H24N4OS. The molecule has 23 heavy (non-hydrogen) atoms. The van der Waals surface area contributed by atoms with Gasteiger partial charge in [0.15, 0.2) is 0 Å². The molecule has 1 aromatic rings. The van der Waals surface area contributed by atoms with E-state index in [1.807, 2.05) is 6.08 Å². The fraction of sp³-hybridized carbons (Fsp3) is 0.588. The van der Waals surface area contributed by atoms with Gasteiger partial charge in [-0.2, -0.15) is 0 Å². The standard InChI is InChI=1S/C17H24N4OS/c1-4-12-13(5-2)23-16-14(12)15(19-17(20-16)22-3)21-8-10-6-7-11(9-21)18-10/h4,10-11,17-18,20H,1,5-9H2,2-3H3. The topological polar surface area (TPSA) is 48.9 Å². The first-order chi connectivity index (χ1) is 11.2. The van der Waals surface area contributed by atoms with Gasteiger partial charge in [0.05, 0.1) is 5.56 Å². The summed E-state index contributed by atoms with van der Waals surface area (Å²) in [6.07, 6.45) is 5.23. The average molecular weight is 332 g/mol. The summed E-state index contributed by atoms with van der Waals surface area (Å²) in [7, 11) is 1.70. The van der Waals surface area contributed by atoms with E-state index in [-0.39, 0.29) is 6.35 Å². The summed E-state index contributed by atoms with van der Waals surface area (Å²) in [5, 5.41) is 8.26. The second kappa shape index (κ2) is 5.92. The van der Waals surface area contributed by atoms with E-state index in [4.69, 9.17) is 9.73 Å². The molecule has 5 nitrogen and oxygen atoms in total. The number of aryl methyl sites for hydroxylation is 1. The van der Waals surface area contributed by atoms with Gasteiger partial charge in [-0.1, -0.05) is 19.6 Å². The number of thiophene rings is 1. The molecule has 2 N–H and O–H groups in total. The van der Waals surface area contributed by atoms with Crippen LogP contribution in [-0.4, -0.2) is 49.4 Å². The minimum Gasteiger partial charge on any atom is -0.353 e. The van der Waals surface area contributed by atoms with Gasteiger partial charge >= 0.3 is 0 Å². The molecule has 3 atom stereocenters. The van der Waals surface area contributed by atoms with E-state index in [1.165, 1.54) is 33.8 Å². The smallest absolute Gasteiger partial charge is 0.228 e. The van der Waals surface area contributed by atoms with Crippen LogP contribution in [0.5, 0.6) is 0 Å². The summed E-state index contributed by atoms with van der Waals surface area (Å²) in [5.74, 6) is 1.08. The molecule has 4 rings (SSSR count). The molecule has 4 heterocycles. The number of piperazine rings is 1. The number of ether oxygens (including phenoxy) is 1. The Morgan fingerprint density at radius 3 is 2.74 bits per heavy atom. The van der Waals surface area contributed by atoms with Crippen LogP contribution in [0.25, 0.3) is 6.08 Å². The van der Waals surface area contributed by atoms with Crippen LogP contribution < -0.4 is 10.6 Å². The Hall–Kier alpha value is -1.37. The van der Waals surface area contributed by atoms with E-state index in [0.717, 1.165) is 25.3 Å². The van der Waals surface area contributed by atoms with E-state index < -0.39 is 0 Å². The first kappa shape index (κ1) is 15.2. The first-order valence-electron chi connectivity index (χ1n) is 8.40. The lowest BCUT2D eigenvalue weighted by atomic mass is 10.1. The Labute approximate surface area is 141 Å². The molecule has 0 radical (unpaired) electrons. The fourth-order valence-electron chi connectivity index (χ4n) is 3.93. The van der Waals surface area contributed by atoms with Gasteiger partial charge in [0.1, 0.15) is 10.8 Å². The number of methoxy groups -OCH3 is 1. The monoisotopic (exact) mass is 332 g/mol. The third kappa shape index (κ3) is 2.49. The zero-order chi connectivity index (χ0) is 16.0. The molecule has 6 heteroatoms. The number of nitrogens with one attached hydrogen (secondary N) is 2. The molecule has 3 unspecified atom stereocenters. The predicted molar refractivity (Wildman–Crippen MR) is 96.3 cm³/mol. The maximum Gasteiger partial charge on any atom is 0.228 e. The van der Waals surface area contributed by atoms with Crippen molar-refractivity contribution in [3.05, 3.63) is 22.6 Å². The van der Waals surface area contributed by atoms with Crippen LogP contribution in [-0.2, 0) is 11.2 Å². The summed E-state index contributed by atoms with van der Waals surface area (Å²) < 4.78 is 5.49. The molecule has 0 aromatic carbocycles. The van der Waals surface area contributed by atoms with Gasteiger partial charge in [-0.25, -0.2) is 4.99 Å². The average Bonchev–Trinajstić information content (AvgIpc) is 3.12. The van der Waals surface area contributed by atoms with Crippen molar-refractivity contribution in [2.45, 2.75) is 44.6 Å². The van der Waals surface area contributed by atoms with Crippen molar-refractivity contribution in [1.82, 2.24) is 10.2 Å². The number of rotatable bonds is 3. The first-order valence-corrected chi connectivity index (χ1v) is 9.21. The van der Waals surface area contributed by atoms with Crippen LogP contribution in [0.1, 0.15) is 35.8 Å². The van der Waals surface area contributed by atoms with Gasteiger partial charge < -0.3 is 20.3 Å². The molecule has 0 spiro atoms. The molecule has 2 saturated heterocycles. The summed E-state index contributed by atoms with van der Waals surface area (Å²) >= 11 is 1.81. The van der Waals surface area contributed by atoms with Crippen LogP contribution >= 0.6 is 11.3 Å². The minimum atomic E-state index is -0.300. The van der Waals surface area contributed by atoms with Crippen molar-refractivity contribution in [2.24, 2.45) is 4.99 Å². The number of nitrogens with zero attached hydrogens (tertiary/aromatic N) is 2. The summed E-state index contributed by atoms with van der Waals surface area (Å²) in [6, 6.07) is 1.18. The highest BCUT2D eigenvalue weighted by atomic mass is 32.1. The number of hydrogen-bond acceptors (Lipinski definition) is 6. The summed E-state index contributed by atoms with van der Waals surface area (Å²) in [6.45, 7) is 8.29. The van der Waals surface area contributed by atoms with E-state index in [2.05, 4.69) is 29.0 Å². The molecule has 2 bridgehead atoms. The summed E-state index contributed by atoms with van der Waals surface area (Å²) in [5.41, 5.74) is 2.45. The highest BCUT2D eigenvalue weighted by molar-refractivity contribution is 7.16. The van der Waals surface area contributed by atoms with Crippen molar-refractivity contribution in [3.63, 3.8) is 0 Å². The van der Waals surface area contributed by atoms with Crippen LogP contribution in [0.2, 0.25) is 0 Å². The lowest BCUT2D eigenvalue weighted by molar-refractivity contribution is 0.130. The number of anilines is 1. The molecule has 0 amide bonds. The fourth-order valence-corrected chi connectivity index (χ4v) is 5.08. The van der Waals surface area contributed by atoms with Crippen LogP contribution in [0.3, 0.4) is 0 Å². The normalized spacial score (nSPS) is 29.0. The summed E-state index contributed by atoms with van der Waals surface area (Å²) in [4.78, 5) is 8.67. The van der Waals surface area contributed by atoms with Gasteiger partial charge in [0, 0.05) is 42.7 Å². The SMILES string of the molecule is C=Cc1c(CC)sc2c1C(N1CC3CCC(C1)N3)=NC(OC)N2. The van der Waals surface area contributed by atoms with E-state index in [9.17, 15) is 0 Å². The zero-order valence-electron chi connectivity index (χ0n) is 13.8. The molecule has 3 aliphatic rings. The largest absolute Gasteiger partial charge is 0.353 e. The van der Waals surface area contributed by atoms with Crippen molar-refractivity contribution in [1.29, 1.82) is 0 Å². The van der Waals surface area contributed by atoms with E-state index in [0.29, 0.717) is 12.1 Å². The Kier molecular flexibility index (Phi) is 3.91. The Balaban J connectivity index is 1.76. The number of likely N-dealkylation sites (tertiary alicyclic amines) is 1. The highest BCUT2D eigenvalue weighted by Gasteiger charge is 2.37. The molecular weight excluding hydrogens is 308 g/mol. The van der Waals surface area contributed by atoms with Crippen LogP contribution in [0, 0.1) is 0 Å². The molecule has 0 aliphatic carbocycles. The lowest BCUT2D eigenvalue weighted by Crippen LogP contribution is -2.54. The van der Waals surface area contributed by atoms with Gasteiger partial charge in [0.25, 0.3) is 0 Å². The number of hydrogen-bond donors (Lipinski definition) is 2. The molecule has 1 aromatic heterocycles. The predicted octanol–water partition coefficient (Wildman–Crippen LogP) is 2.49. The van der Waals surface area contributed by atoms with Gasteiger partial charge in [0.2, 0.25) is 6.35 Å². The Morgan fingerprint density at radius 2 is 2.13 bits per heavy atom. The number of amidine groups is 1. The van der Waals surface area contributed by atoms with Crippen LogP contribution in [0.4, 0.5) is 5.00 Å². The third-order valence-corrected chi connectivity index (χ3v) is 6.29. The van der Waals surface area contributed by atoms with Crippen molar-refractivity contribution in [2.75, 3.05) is 25.5 Å². The van der Waals surface area contributed by atoms with Crippen molar-refractivity contribution < 1.29 is 4.74 Å². The van der Waals surface area contributed by atoms with E-state index >= 15 is 0 Å². The van der Waals surface area contributed by atoms with Gasteiger partial charge in [-0.05, 0) is 19.3 Å². The maximum atomic E-state index is 5.49. The maximum absolute atomic E-state index is 5.49. The Bertz CT molecular complexity index is 641. The second-order valence-electron chi connectivity index (χ2n) is 6.43. The molecule has 124 valence electrons. The van der Waals surface area contributed by atoms with Gasteiger partial charge in [-0.15, -0.1) is 11.3 Å². The number of fused-ring (bicyclic) bond motifs is 3. The van der Waals surface area contributed by atoms with Crippen molar-refractivity contribution in [3.8, 4) is 0 Å². The number of aliphatic imine (C=N–C) groups is 1. The highest BCUT2D eigenvalue weighted by Crippen LogP contribution is 2.39.